The van der Waals surface area contributed by atoms with Gasteiger partial charge in [-0.1, -0.05) is 123 Å². The van der Waals surface area contributed by atoms with Crippen LogP contribution in [0, 0.1) is 0 Å². The molecular formula is C48H77O11P. The van der Waals surface area contributed by atoms with Crippen molar-refractivity contribution in [2.75, 3.05) is 26.4 Å². The third-order valence-electron chi connectivity index (χ3n) is 8.43. The van der Waals surface area contributed by atoms with Crippen molar-refractivity contribution in [3.8, 4) is 0 Å². The summed E-state index contributed by atoms with van der Waals surface area (Å²) in [4.78, 5) is 35.0. The van der Waals surface area contributed by atoms with Crippen molar-refractivity contribution in [2.45, 2.75) is 154 Å². The normalized spacial score (nSPS) is 15.4. The van der Waals surface area contributed by atoms with Crippen LogP contribution in [0.25, 0.3) is 0 Å². The molecule has 0 saturated heterocycles. The molecule has 11 nitrogen and oxygen atoms in total. The fourth-order valence-electron chi connectivity index (χ4n) is 5.09. The van der Waals surface area contributed by atoms with Gasteiger partial charge in [0.25, 0.3) is 0 Å². The fourth-order valence-corrected chi connectivity index (χ4v) is 5.88. The average molecular weight is 861 g/mol. The highest BCUT2D eigenvalue weighted by Crippen LogP contribution is 2.43. The van der Waals surface area contributed by atoms with Crippen LogP contribution < -0.4 is 0 Å². The maximum absolute atomic E-state index is 12.6. The predicted octanol–water partition coefficient (Wildman–Crippen LogP) is 10.7. The number of ether oxygens (including phenoxy) is 2. The second-order valence-corrected chi connectivity index (χ2v) is 15.7. The summed E-state index contributed by atoms with van der Waals surface area (Å²) in [6.45, 7) is 1.68. The Kier molecular flexibility index (Phi) is 39.9. The Morgan fingerprint density at radius 1 is 0.550 bits per heavy atom. The number of aliphatic hydroxyl groups is 3. The first kappa shape index (κ1) is 56.6. The summed E-state index contributed by atoms with van der Waals surface area (Å²) in [5.41, 5.74) is 0. The second-order valence-electron chi connectivity index (χ2n) is 14.3. The number of aliphatic hydroxyl groups excluding tert-OH is 3. The zero-order chi connectivity index (χ0) is 44.2. The first-order valence-electron chi connectivity index (χ1n) is 21.9. The number of rotatable bonds is 39. The number of allylic oxidation sites excluding steroid dienone is 18. The number of carbonyl (C=O) groups excluding carboxylic acids is 2. The van der Waals surface area contributed by atoms with Crippen LogP contribution in [0.2, 0.25) is 0 Å². The molecule has 0 aliphatic rings. The van der Waals surface area contributed by atoms with Crippen LogP contribution in [-0.4, -0.2) is 76.9 Å². The van der Waals surface area contributed by atoms with Crippen molar-refractivity contribution in [3.63, 3.8) is 0 Å². The summed E-state index contributed by atoms with van der Waals surface area (Å²) in [5.74, 6) is -1.06. The smallest absolute Gasteiger partial charge is 0.462 e. The standard InChI is InChI=1S/C48H77O11P/c1-3-4-5-6-7-8-9-10-11-12-13-14-17-21-24-27-30-33-36-39-48(53)59-46(43-58-60(54,55)57-41-45(51)40-49)42-56-47(52)38-35-32-29-26-23-20-18-15-16-19-22-25-28-31-34-37-44(2)50/h4-5,7-8,10-11,13-14,16,18-21,24-26,28-29,44-46,49-51H,3,6,9,12,15,17,22-23,27,30-43H2,1-2H3,(H,54,55)/b5-4-,8-7-,11-10-,14-13-,19-16-,20-18-,24-21-,28-25-,29-26-/t44-,45+,46-/m1/s1. The SMILES string of the molecule is CC/C=C\C/C=C\C/C=C\C/C=C\C/C=C\CCCCCC(=O)O[C@H](COC(=O)CCC/C=C\C/C=C\C/C=C\C/C=C\CCC[C@@H](C)O)COP(=O)(O)OC[C@@H](O)CO. The number of phosphoric acid groups is 1. The van der Waals surface area contributed by atoms with E-state index in [4.69, 9.17) is 19.1 Å². The van der Waals surface area contributed by atoms with Crippen molar-refractivity contribution in [3.05, 3.63) is 109 Å². The van der Waals surface area contributed by atoms with Crippen molar-refractivity contribution in [1.29, 1.82) is 0 Å². The molecule has 12 heteroatoms. The first-order valence-corrected chi connectivity index (χ1v) is 23.4. The number of unbranched alkanes of at least 4 members (excludes halogenated alkanes) is 5. The molecule has 0 aromatic carbocycles. The molecule has 0 rings (SSSR count). The fraction of sp³-hybridized carbons (Fsp3) is 0.583. The number of esters is 2. The molecule has 0 bridgehead atoms. The lowest BCUT2D eigenvalue weighted by atomic mass is 10.1. The maximum Gasteiger partial charge on any atom is 0.472 e. The Labute approximate surface area is 361 Å². The zero-order valence-corrected chi connectivity index (χ0v) is 37.4. The van der Waals surface area contributed by atoms with E-state index in [0.717, 1.165) is 89.9 Å². The largest absolute Gasteiger partial charge is 0.472 e. The van der Waals surface area contributed by atoms with Gasteiger partial charge in [0.2, 0.25) is 0 Å². The predicted molar refractivity (Wildman–Crippen MR) is 243 cm³/mol. The van der Waals surface area contributed by atoms with E-state index in [0.29, 0.717) is 19.3 Å². The summed E-state index contributed by atoms with van der Waals surface area (Å²) in [6, 6.07) is 0. The van der Waals surface area contributed by atoms with Gasteiger partial charge in [0.1, 0.15) is 12.7 Å². The Morgan fingerprint density at radius 3 is 1.47 bits per heavy atom. The topological polar surface area (TPSA) is 169 Å². The van der Waals surface area contributed by atoms with Crippen LogP contribution in [0.1, 0.15) is 136 Å². The number of hydrogen-bond acceptors (Lipinski definition) is 10. The van der Waals surface area contributed by atoms with Gasteiger partial charge in [0, 0.05) is 12.8 Å². The lowest BCUT2D eigenvalue weighted by molar-refractivity contribution is -0.161. The Morgan fingerprint density at radius 2 is 0.983 bits per heavy atom. The molecule has 0 heterocycles. The molecule has 0 aromatic heterocycles. The third kappa shape index (κ3) is 42.7. The van der Waals surface area contributed by atoms with Crippen LogP contribution in [-0.2, 0) is 32.7 Å². The molecule has 0 saturated carbocycles. The van der Waals surface area contributed by atoms with Gasteiger partial charge in [-0.05, 0) is 110 Å². The lowest BCUT2D eigenvalue weighted by Crippen LogP contribution is -2.29. The van der Waals surface area contributed by atoms with E-state index in [1.165, 1.54) is 0 Å². The molecule has 0 amide bonds. The van der Waals surface area contributed by atoms with Gasteiger partial charge in [-0.25, -0.2) is 4.57 Å². The van der Waals surface area contributed by atoms with Crippen molar-refractivity contribution < 1.29 is 52.9 Å². The van der Waals surface area contributed by atoms with Crippen molar-refractivity contribution >= 4 is 19.8 Å². The summed E-state index contributed by atoms with van der Waals surface area (Å²) in [7, 11) is -4.66. The van der Waals surface area contributed by atoms with Gasteiger partial charge in [-0.15, -0.1) is 0 Å². The molecule has 60 heavy (non-hydrogen) atoms. The average Bonchev–Trinajstić information content (AvgIpc) is 3.22. The van der Waals surface area contributed by atoms with E-state index in [9.17, 15) is 29.3 Å². The molecular weight excluding hydrogens is 783 g/mol. The van der Waals surface area contributed by atoms with Crippen LogP contribution >= 0.6 is 7.82 Å². The zero-order valence-electron chi connectivity index (χ0n) is 36.5. The van der Waals surface area contributed by atoms with Gasteiger partial charge in [-0.2, -0.15) is 0 Å². The van der Waals surface area contributed by atoms with E-state index >= 15 is 0 Å². The summed E-state index contributed by atoms with van der Waals surface area (Å²) in [6.07, 6.45) is 50.5. The molecule has 0 aliphatic carbocycles. The van der Waals surface area contributed by atoms with E-state index in [1.807, 2.05) is 19.1 Å². The number of phosphoric ester groups is 1. The van der Waals surface area contributed by atoms with Crippen molar-refractivity contribution in [1.82, 2.24) is 0 Å². The summed E-state index contributed by atoms with van der Waals surface area (Å²) in [5, 5.41) is 27.6. The molecule has 0 radical (unpaired) electrons. The van der Waals surface area contributed by atoms with Gasteiger partial charge in [0.15, 0.2) is 6.10 Å². The monoisotopic (exact) mass is 861 g/mol. The quantitative estimate of drug-likeness (QED) is 0.0201. The summed E-state index contributed by atoms with van der Waals surface area (Å²) >= 11 is 0. The molecule has 4 N–H and O–H groups in total. The number of carbonyl (C=O) groups is 2. The van der Waals surface area contributed by atoms with E-state index in [2.05, 4.69) is 109 Å². The molecule has 0 aromatic rings. The Hall–Kier alpha value is -3.41. The summed E-state index contributed by atoms with van der Waals surface area (Å²) < 4.78 is 32.6. The van der Waals surface area contributed by atoms with Crippen LogP contribution in [0.5, 0.6) is 0 Å². The van der Waals surface area contributed by atoms with Gasteiger partial charge in [-0.3, -0.25) is 18.6 Å². The lowest BCUT2D eigenvalue weighted by Gasteiger charge is -2.20. The van der Waals surface area contributed by atoms with Crippen LogP contribution in [0.4, 0.5) is 0 Å². The molecule has 1 unspecified atom stereocenters. The molecule has 0 fully saturated rings. The molecule has 4 atom stereocenters. The maximum atomic E-state index is 12.6. The van der Waals surface area contributed by atoms with Crippen LogP contribution in [0.15, 0.2) is 109 Å². The molecule has 340 valence electrons. The minimum absolute atomic E-state index is 0.120. The Balaban J connectivity index is 4.48. The van der Waals surface area contributed by atoms with Crippen LogP contribution in [0.3, 0.4) is 0 Å². The van der Waals surface area contributed by atoms with E-state index < -0.39 is 51.8 Å². The highest BCUT2D eigenvalue weighted by molar-refractivity contribution is 7.47. The highest BCUT2D eigenvalue weighted by Gasteiger charge is 2.27. The van der Waals surface area contributed by atoms with Gasteiger partial charge >= 0.3 is 19.8 Å². The van der Waals surface area contributed by atoms with Gasteiger partial charge < -0.3 is 29.7 Å². The molecule has 0 aliphatic heterocycles. The van der Waals surface area contributed by atoms with E-state index in [1.54, 1.807) is 0 Å². The minimum atomic E-state index is -4.66. The first-order chi connectivity index (χ1) is 29.1. The number of hydrogen-bond donors (Lipinski definition) is 4. The van der Waals surface area contributed by atoms with Crippen molar-refractivity contribution in [2.24, 2.45) is 0 Å². The van der Waals surface area contributed by atoms with Gasteiger partial charge in [0.05, 0.1) is 25.9 Å². The minimum Gasteiger partial charge on any atom is -0.462 e. The Bertz CT molecular complexity index is 1370. The van der Waals surface area contributed by atoms with E-state index in [-0.39, 0.29) is 25.6 Å². The third-order valence-corrected chi connectivity index (χ3v) is 9.38. The highest BCUT2D eigenvalue weighted by atomic mass is 31.2. The second kappa shape index (κ2) is 42.3. The molecule has 0 spiro atoms.